The van der Waals surface area contributed by atoms with Gasteiger partial charge < -0.3 is 9.47 Å². The SMILES string of the molecule is FC(F)Sc1ccc(N=C2NNC(c3ccc4c(c3)OCCO4)=CS2)cc1. The quantitative estimate of drug-likeness (QED) is 0.723. The van der Waals surface area contributed by atoms with Crippen LogP contribution in [0.1, 0.15) is 5.56 Å². The highest BCUT2D eigenvalue weighted by molar-refractivity contribution is 8.16. The molecule has 140 valence electrons. The zero-order valence-electron chi connectivity index (χ0n) is 13.9. The maximum Gasteiger partial charge on any atom is 0.288 e. The van der Waals surface area contributed by atoms with Gasteiger partial charge in [-0.2, -0.15) is 8.78 Å². The van der Waals surface area contributed by atoms with E-state index in [-0.39, 0.29) is 0 Å². The van der Waals surface area contributed by atoms with Gasteiger partial charge in [0.1, 0.15) is 13.2 Å². The number of aliphatic imine (C=N–C) groups is 1. The Morgan fingerprint density at radius 1 is 1.00 bits per heavy atom. The monoisotopic (exact) mass is 407 g/mol. The van der Waals surface area contributed by atoms with Gasteiger partial charge in [-0.05, 0) is 42.5 Å². The third kappa shape index (κ3) is 4.48. The van der Waals surface area contributed by atoms with E-state index in [0.29, 0.717) is 40.7 Å². The molecule has 0 saturated carbocycles. The van der Waals surface area contributed by atoms with E-state index in [9.17, 15) is 8.78 Å². The minimum atomic E-state index is -2.42. The second-order valence-electron chi connectivity index (χ2n) is 5.55. The predicted octanol–water partition coefficient (Wildman–Crippen LogP) is 4.60. The third-order valence-corrected chi connectivity index (χ3v) is 5.23. The molecule has 0 aliphatic carbocycles. The fourth-order valence-corrected chi connectivity index (χ4v) is 3.71. The maximum absolute atomic E-state index is 12.4. The lowest BCUT2D eigenvalue weighted by molar-refractivity contribution is 0.171. The fourth-order valence-electron chi connectivity index (χ4n) is 2.52. The molecule has 2 aliphatic rings. The number of hydrogen-bond acceptors (Lipinski definition) is 6. The summed E-state index contributed by atoms with van der Waals surface area (Å²) in [6.07, 6.45) is 0. The van der Waals surface area contributed by atoms with Gasteiger partial charge in [0.15, 0.2) is 16.7 Å². The standard InChI is InChI=1S/C18H15F2N3O2S2/c19-17(20)27-13-4-2-12(3-5-13)21-18-23-22-14(10-26-18)11-1-6-15-16(9-11)25-8-7-24-15/h1-6,9-10,17,22H,7-8H2,(H,21,23). The van der Waals surface area contributed by atoms with Crippen molar-refractivity contribution in [1.82, 2.24) is 10.9 Å². The van der Waals surface area contributed by atoms with Crippen molar-refractivity contribution in [2.45, 2.75) is 10.7 Å². The first-order chi connectivity index (χ1) is 13.2. The summed E-state index contributed by atoms with van der Waals surface area (Å²) in [4.78, 5) is 4.97. The van der Waals surface area contributed by atoms with Gasteiger partial charge >= 0.3 is 0 Å². The molecule has 2 N–H and O–H groups in total. The lowest BCUT2D eigenvalue weighted by atomic mass is 10.1. The van der Waals surface area contributed by atoms with Crippen LogP contribution >= 0.6 is 23.5 Å². The molecule has 27 heavy (non-hydrogen) atoms. The van der Waals surface area contributed by atoms with Gasteiger partial charge in [0.05, 0.1) is 11.4 Å². The first-order valence-corrected chi connectivity index (χ1v) is 9.86. The number of thioether (sulfide) groups is 2. The molecular formula is C18H15F2N3O2S2. The molecule has 0 bridgehead atoms. The number of nitrogens with zero attached hydrogens (tertiary/aromatic N) is 1. The molecule has 2 heterocycles. The summed E-state index contributed by atoms with van der Waals surface area (Å²) in [7, 11) is 0. The molecule has 0 radical (unpaired) electrons. The molecule has 0 fully saturated rings. The van der Waals surface area contributed by atoms with Crippen LogP contribution in [0.5, 0.6) is 11.5 Å². The highest BCUT2D eigenvalue weighted by Gasteiger charge is 2.15. The summed E-state index contributed by atoms with van der Waals surface area (Å²) in [5.41, 5.74) is 8.69. The van der Waals surface area contributed by atoms with Crippen LogP contribution < -0.4 is 20.3 Å². The van der Waals surface area contributed by atoms with Crippen LogP contribution in [0.3, 0.4) is 0 Å². The normalized spacial score (nSPS) is 17.3. The average Bonchev–Trinajstić information content (AvgIpc) is 2.69. The molecule has 2 aliphatic heterocycles. The molecule has 5 nitrogen and oxygen atoms in total. The number of fused-ring (bicyclic) bond motifs is 1. The van der Waals surface area contributed by atoms with Gasteiger partial charge in [0.2, 0.25) is 0 Å². The molecule has 0 spiro atoms. The predicted molar refractivity (Wildman–Crippen MR) is 105 cm³/mol. The number of amidine groups is 1. The van der Waals surface area contributed by atoms with Crippen molar-refractivity contribution in [1.29, 1.82) is 0 Å². The lowest BCUT2D eigenvalue weighted by Crippen LogP contribution is -2.36. The Morgan fingerprint density at radius 3 is 2.48 bits per heavy atom. The second-order valence-corrected chi connectivity index (χ2v) is 7.47. The first-order valence-electron chi connectivity index (χ1n) is 8.10. The van der Waals surface area contributed by atoms with Crippen LogP contribution in [-0.2, 0) is 0 Å². The molecule has 2 aromatic carbocycles. The zero-order valence-corrected chi connectivity index (χ0v) is 15.6. The van der Waals surface area contributed by atoms with Gasteiger partial charge in [-0.25, -0.2) is 4.99 Å². The number of rotatable bonds is 4. The highest BCUT2D eigenvalue weighted by Crippen LogP contribution is 2.33. The Hall–Kier alpha value is -2.39. The summed E-state index contributed by atoms with van der Waals surface area (Å²) >= 11 is 1.95. The number of hydrogen-bond donors (Lipinski definition) is 2. The molecule has 0 aromatic heterocycles. The van der Waals surface area contributed by atoms with Gasteiger partial charge in [-0.15, -0.1) is 0 Å². The topological polar surface area (TPSA) is 54.9 Å². The van der Waals surface area contributed by atoms with Gasteiger partial charge in [0, 0.05) is 15.9 Å². The number of nitrogens with one attached hydrogen (secondary N) is 2. The molecular weight excluding hydrogens is 392 g/mol. The summed E-state index contributed by atoms with van der Waals surface area (Å²) in [6.45, 7) is 1.10. The van der Waals surface area contributed by atoms with Crippen LogP contribution in [0.2, 0.25) is 0 Å². The summed E-state index contributed by atoms with van der Waals surface area (Å²) < 4.78 is 35.9. The molecule has 2 aromatic rings. The van der Waals surface area contributed by atoms with Crippen molar-refractivity contribution >= 4 is 40.1 Å². The van der Waals surface area contributed by atoms with E-state index >= 15 is 0 Å². The number of hydrazine groups is 1. The van der Waals surface area contributed by atoms with Gasteiger partial charge in [-0.1, -0.05) is 23.5 Å². The Labute approximate surface area is 163 Å². The zero-order chi connectivity index (χ0) is 18.6. The van der Waals surface area contributed by atoms with Gasteiger partial charge in [-0.3, -0.25) is 10.9 Å². The number of ether oxygens (including phenoxy) is 2. The summed E-state index contributed by atoms with van der Waals surface area (Å²) in [5.74, 6) is -0.948. The van der Waals surface area contributed by atoms with E-state index in [1.807, 2.05) is 23.6 Å². The first kappa shape index (κ1) is 18.0. The number of halogens is 2. The Bertz CT molecular complexity index is 889. The fraction of sp³-hybridized carbons (Fsp3) is 0.167. The third-order valence-electron chi connectivity index (χ3n) is 3.74. The Morgan fingerprint density at radius 2 is 1.78 bits per heavy atom. The number of alkyl halides is 2. The van der Waals surface area contributed by atoms with Crippen molar-refractivity contribution in [3.63, 3.8) is 0 Å². The van der Waals surface area contributed by atoms with Crippen molar-refractivity contribution in [3.8, 4) is 11.5 Å². The van der Waals surface area contributed by atoms with Crippen LogP contribution in [0.25, 0.3) is 5.70 Å². The highest BCUT2D eigenvalue weighted by atomic mass is 32.2. The van der Waals surface area contributed by atoms with E-state index in [1.54, 1.807) is 24.3 Å². The lowest BCUT2D eigenvalue weighted by Gasteiger charge is -2.22. The van der Waals surface area contributed by atoms with E-state index in [4.69, 9.17) is 9.47 Å². The van der Waals surface area contributed by atoms with E-state index in [1.165, 1.54) is 11.8 Å². The maximum atomic E-state index is 12.4. The van der Waals surface area contributed by atoms with Crippen molar-refractivity contribution < 1.29 is 18.3 Å². The van der Waals surface area contributed by atoms with Crippen LogP contribution in [-0.4, -0.2) is 24.1 Å². The molecule has 9 heteroatoms. The van der Waals surface area contributed by atoms with E-state index in [0.717, 1.165) is 22.8 Å². The van der Waals surface area contributed by atoms with Crippen LogP contribution in [0.15, 0.2) is 57.8 Å². The average molecular weight is 407 g/mol. The smallest absolute Gasteiger partial charge is 0.288 e. The largest absolute Gasteiger partial charge is 0.486 e. The van der Waals surface area contributed by atoms with Crippen molar-refractivity contribution in [2.24, 2.45) is 4.99 Å². The van der Waals surface area contributed by atoms with Crippen LogP contribution in [0, 0.1) is 0 Å². The minimum Gasteiger partial charge on any atom is -0.486 e. The van der Waals surface area contributed by atoms with E-state index < -0.39 is 5.76 Å². The minimum absolute atomic E-state index is 0.511. The molecule has 0 saturated heterocycles. The van der Waals surface area contributed by atoms with E-state index in [2.05, 4.69) is 15.8 Å². The molecule has 0 unspecified atom stereocenters. The van der Waals surface area contributed by atoms with Gasteiger partial charge in [0.25, 0.3) is 5.76 Å². The number of benzene rings is 2. The Kier molecular flexibility index (Phi) is 5.40. The molecule has 4 rings (SSSR count). The van der Waals surface area contributed by atoms with Crippen LogP contribution in [0.4, 0.5) is 14.5 Å². The Balaban J connectivity index is 1.44. The summed E-state index contributed by atoms with van der Waals surface area (Å²) in [5, 5.41) is 2.60. The van der Waals surface area contributed by atoms with Crippen molar-refractivity contribution in [3.05, 3.63) is 53.4 Å². The molecule has 0 atom stereocenters. The second kappa shape index (κ2) is 8.10. The molecule has 0 amide bonds. The summed E-state index contributed by atoms with van der Waals surface area (Å²) in [6, 6.07) is 12.5. The van der Waals surface area contributed by atoms with Crippen molar-refractivity contribution in [2.75, 3.05) is 13.2 Å².